The fourth-order valence-electron chi connectivity index (χ4n) is 4.18. The maximum absolute atomic E-state index is 6.21. The fraction of sp³-hybridized carbons (Fsp3) is 0.684. The Morgan fingerprint density at radius 1 is 1.24 bits per heavy atom. The van der Waals surface area contributed by atoms with Crippen LogP contribution in [0.5, 0.6) is 0 Å². The Balaban J connectivity index is 2.22. The van der Waals surface area contributed by atoms with Crippen LogP contribution in [0.3, 0.4) is 0 Å². The Morgan fingerprint density at radius 3 is 2.38 bits per heavy atom. The van der Waals surface area contributed by atoms with Gasteiger partial charge >= 0.3 is 0 Å². The molecule has 2 atom stereocenters. The van der Waals surface area contributed by atoms with Crippen LogP contribution in [-0.2, 0) is 6.54 Å². The Kier molecular flexibility index (Phi) is 5.11. The van der Waals surface area contributed by atoms with Crippen LogP contribution >= 0.6 is 0 Å². The van der Waals surface area contributed by atoms with E-state index in [1.54, 1.807) is 0 Å². The number of rotatable bonds is 4. The van der Waals surface area contributed by atoms with Crippen LogP contribution in [0, 0.1) is 26.7 Å². The summed E-state index contributed by atoms with van der Waals surface area (Å²) < 4.78 is 0. The van der Waals surface area contributed by atoms with Gasteiger partial charge in [0.1, 0.15) is 0 Å². The van der Waals surface area contributed by atoms with Gasteiger partial charge in [-0.05, 0) is 63.3 Å². The number of benzene rings is 1. The third kappa shape index (κ3) is 3.49. The number of nitrogens with two attached hydrogens (primary N) is 1. The molecule has 0 aromatic heterocycles. The van der Waals surface area contributed by atoms with Crippen molar-refractivity contribution in [2.45, 2.75) is 65.5 Å². The summed E-state index contributed by atoms with van der Waals surface area (Å²) in [6.07, 6.45) is 5.16. The topological polar surface area (TPSA) is 29.3 Å². The molecule has 0 saturated heterocycles. The van der Waals surface area contributed by atoms with Crippen molar-refractivity contribution in [3.8, 4) is 0 Å². The molecule has 0 radical (unpaired) electrons. The first kappa shape index (κ1) is 16.5. The fourth-order valence-corrected chi connectivity index (χ4v) is 4.18. The van der Waals surface area contributed by atoms with Gasteiger partial charge in [-0.15, -0.1) is 0 Å². The molecule has 1 saturated carbocycles. The minimum atomic E-state index is 0.196. The minimum absolute atomic E-state index is 0.196. The van der Waals surface area contributed by atoms with Crippen LogP contribution in [0.15, 0.2) is 12.1 Å². The summed E-state index contributed by atoms with van der Waals surface area (Å²) in [6.45, 7) is 10.8. The summed E-state index contributed by atoms with van der Waals surface area (Å²) in [4.78, 5) is 2.54. The Morgan fingerprint density at radius 2 is 1.86 bits per heavy atom. The van der Waals surface area contributed by atoms with Gasteiger partial charge in [-0.25, -0.2) is 0 Å². The Bertz CT molecular complexity index is 471. The van der Waals surface area contributed by atoms with Crippen LogP contribution in [0.4, 0.5) is 0 Å². The van der Waals surface area contributed by atoms with Crippen LogP contribution in [-0.4, -0.2) is 24.0 Å². The summed E-state index contributed by atoms with van der Waals surface area (Å²) in [7, 11) is 2.27. The molecular weight excluding hydrogens is 256 g/mol. The smallest absolute Gasteiger partial charge is 0.0334 e. The molecule has 21 heavy (non-hydrogen) atoms. The molecule has 2 N–H and O–H groups in total. The average molecular weight is 288 g/mol. The van der Waals surface area contributed by atoms with Crippen LogP contribution in [0.1, 0.15) is 54.9 Å². The van der Waals surface area contributed by atoms with E-state index < -0.39 is 0 Å². The predicted molar refractivity (Wildman–Crippen MR) is 91.5 cm³/mol. The summed E-state index contributed by atoms with van der Waals surface area (Å²) in [5.74, 6) is 0.796. The minimum Gasteiger partial charge on any atom is -0.329 e. The molecule has 0 bridgehead atoms. The summed E-state index contributed by atoms with van der Waals surface area (Å²) in [5.41, 5.74) is 12.1. The van der Waals surface area contributed by atoms with Gasteiger partial charge in [-0.3, -0.25) is 4.90 Å². The van der Waals surface area contributed by atoms with E-state index in [2.05, 4.69) is 51.8 Å². The Labute approximate surface area is 130 Å². The van der Waals surface area contributed by atoms with Gasteiger partial charge in [0.15, 0.2) is 0 Å². The van der Waals surface area contributed by atoms with E-state index in [9.17, 15) is 0 Å². The van der Waals surface area contributed by atoms with Crippen LogP contribution < -0.4 is 5.73 Å². The largest absolute Gasteiger partial charge is 0.329 e. The second-order valence-corrected chi connectivity index (χ2v) is 7.36. The third-order valence-corrected chi connectivity index (χ3v) is 5.49. The molecule has 1 aliphatic rings. The lowest BCUT2D eigenvalue weighted by Crippen LogP contribution is -2.54. The van der Waals surface area contributed by atoms with Gasteiger partial charge in [0.25, 0.3) is 0 Å². The quantitative estimate of drug-likeness (QED) is 0.909. The number of nitrogens with zero attached hydrogens (tertiary/aromatic N) is 1. The van der Waals surface area contributed by atoms with E-state index in [1.165, 1.54) is 47.9 Å². The highest BCUT2D eigenvalue weighted by molar-refractivity contribution is 5.37. The molecule has 2 unspecified atom stereocenters. The zero-order valence-electron chi connectivity index (χ0n) is 14.5. The van der Waals surface area contributed by atoms with E-state index in [0.717, 1.165) is 19.0 Å². The van der Waals surface area contributed by atoms with Crippen molar-refractivity contribution in [3.05, 3.63) is 34.4 Å². The molecular formula is C19H32N2. The maximum Gasteiger partial charge on any atom is 0.0334 e. The molecule has 2 nitrogen and oxygen atoms in total. The second kappa shape index (κ2) is 6.50. The molecule has 118 valence electrons. The van der Waals surface area contributed by atoms with E-state index in [0.29, 0.717) is 0 Å². The highest BCUT2D eigenvalue weighted by atomic mass is 15.2. The second-order valence-electron chi connectivity index (χ2n) is 7.36. The first-order valence-corrected chi connectivity index (χ1v) is 8.36. The van der Waals surface area contributed by atoms with Gasteiger partial charge in [0.2, 0.25) is 0 Å². The van der Waals surface area contributed by atoms with E-state index in [1.807, 2.05) is 0 Å². The average Bonchev–Trinajstić information content (AvgIpc) is 2.42. The zero-order valence-corrected chi connectivity index (χ0v) is 14.5. The van der Waals surface area contributed by atoms with Crippen molar-refractivity contribution >= 4 is 0 Å². The van der Waals surface area contributed by atoms with Crippen molar-refractivity contribution in [2.75, 3.05) is 13.6 Å². The Hall–Kier alpha value is -0.860. The molecule has 0 amide bonds. The number of likely N-dealkylation sites (N-methyl/N-ethyl adjacent to an activating group) is 1. The lowest BCUT2D eigenvalue weighted by atomic mass is 9.75. The predicted octanol–water partition coefficient (Wildman–Crippen LogP) is 3.95. The molecule has 1 aromatic carbocycles. The molecule has 1 fully saturated rings. The number of hydrogen-bond donors (Lipinski definition) is 1. The monoisotopic (exact) mass is 288 g/mol. The molecule has 2 rings (SSSR count). The zero-order chi connectivity index (χ0) is 15.6. The van der Waals surface area contributed by atoms with Crippen molar-refractivity contribution in [3.63, 3.8) is 0 Å². The summed E-state index contributed by atoms with van der Waals surface area (Å²) in [5, 5.41) is 0. The highest BCUT2D eigenvalue weighted by Crippen LogP contribution is 2.36. The lowest BCUT2D eigenvalue weighted by Gasteiger charge is -2.46. The van der Waals surface area contributed by atoms with E-state index in [-0.39, 0.29) is 5.54 Å². The van der Waals surface area contributed by atoms with Crippen molar-refractivity contribution in [1.29, 1.82) is 0 Å². The molecule has 0 spiro atoms. The lowest BCUT2D eigenvalue weighted by molar-refractivity contribution is 0.0552. The highest BCUT2D eigenvalue weighted by Gasteiger charge is 2.37. The van der Waals surface area contributed by atoms with Gasteiger partial charge in [0, 0.05) is 18.6 Å². The standard InChI is InChI=1S/C19H32N2/c1-14-7-6-8-19(11-14,13-20)21(5)12-18-16(3)9-15(2)10-17(18)4/h9-10,14H,6-8,11-13,20H2,1-5H3. The number of hydrogen-bond acceptors (Lipinski definition) is 2. The van der Waals surface area contributed by atoms with Gasteiger partial charge < -0.3 is 5.73 Å². The molecule has 1 aliphatic carbocycles. The molecule has 0 heterocycles. The normalized spacial score (nSPS) is 26.3. The summed E-state index contributed by atoms with van der Waals surface area (Å²) >= 11 is 0. The number of aryl methyl sites for hydroxylation is 3. The van der Waals surface area contributed by atoms with Crippen molar-refractivity contribution < 1.29 is 0 Å². The van der Waals surface area contributed by atoms with E-state index >= 15 is 0 Å². The summed E-state index contributed by atoms with van der Waals surface area (Å²) in [6, 6.07) is 4.60. The van der Waals surface area contributed by atoms with Gasteiger partial charge in [0.05, 0.1) is 0 Å². The first-order valence-electron chi connectivity index (χ1n) is 8.36. The molecule has 0 aliphatic heterocycles. The van der Waals surface area contributed by atoms with Crippen LogP contribution in [0.25, 0.3) is 0 Å². The van der Waals surface area contributed by atoms with Gasteiger partial charge in [-0.2, -0.15) is 0 Å². The molecule has 1 aromatic rings. The van der Waals surface area contributed by atoms with Crippen LogP contribution in [0.2, 0.25) is 0 Å². The maximum atomic E-state index is 6.21. The SMILES string of the molecule is Cc1cc(C)c(CN(C)C2(CN)CCCC(C)C2)c(C)c1. The first-order chi connectivity index (χ1) is 9.88. The van der Waals surface area contributed by atoms with Crippen molar-refractivity contribution in [2.24, 2.45) is 11.7 Å². The van der Waals surface area contributed by atoms with Crippen molar-refractivity contribution in [1.82, 2.24) is 4.90 Å². The molecule has 2 heteroatoms. The third-order valence-electron chi connectivity index (χ3n) is 5.49. The van der Waals surface area contributed by atoms with Gasteiger partial charge in [-0.1, -0.05) is 37.5 Å². The van der Waals surface area contributed by atoms with E-state index in [4.69, 9.17) is 5.73 Å².